The molecule has 0 aliphatic heterocycles. The summed E-state index contributed by atoms with van der Waals surface area (Å²) in [5, 5.41) is 8.36. The predicted octanol–water partition coefficient (Wildman–Crippen LogP) is 6.27. The highest BCUT2D eigenvalue weighted by Gasteiger charge is 2.22. The molecule has 0 spiro atoms. The maximum atomic E-state index is 5.76. The Morgan fingerprint density at radius 2 is 1.71 bits per heavy atom. The number of ether oxygens (including phenoxy) is 1. The van der Waals surface area contributed by atoms with Gasteiger partial charge in [0.2, 0.25) is 5.95 Å². The van der Waals surface area contributed by atoms with Crippen molar-refractivity contribution < 1.29 is 4.74 Å². The van der Waals surface area contributed by atoms with Gasteiger partial charge in [-0.05, 0) is 74.4 Å². The Morgan fingerprint density at radius 1 is 0.971 bits per heavy atom. The lowest BCUT2D eigenvalue weighted by Crippen LogP contribution is -2.31. The van der Waals surface area contributed by atoms with Gasteiger partial charge in [0.1, 0.15) is 11.6 Å². The molecule has 6 nitrogen and oxygen atoms in total. The van der Waals surface area contributed by atoms with Crippen LogP contribution >= 0.6 is 0 Å². The van der Waals surface area contributed by atoms with E-state index in [1.807, 2.05) is 26.2 Å². The predicted molar refractivity (Wildman–Crippen MR) is 149 cm³/mol. The number of anilines is 2. The van der Waals surface area contributed by atoms with Crippen LogP contribution in [-0.2, 0) is 6.54 Å². The highest BCUT2D eigenvalue weighted by Crippen LogP contribution is 2.28. The lowest BCUT2D eigenvalue weighted by molar-refractivity contribution is 0.309. The van der Waals surface area contributed by atoms with Crippen molar-refractivity contribution in [3.05, 3.63) is 54.1 Å². The number of nitrogens with zero attached hydrogens (tertiary/aromatic N) is 3. The van der Waals surface area contributed by atoms with Crippen molar-refractivity contribution in [3.63, 3.8) is 0 Å². The molecular formula is C29H43N5O. The van der Waals surface area contributed by atoms with Crippen LogP contribution in [0.5, 0.6) is 5.75 Å². The van der Waals surface area contributed by atoms with Crippen LogP contribution in [0.15, 0.2) is 48.5 Å². The topological polar surface area (TPSA) is 62.3 Å². The molecule has 0 atom stereocenters. The molecule has 35 heavy (non-hydrogen) atoms. The lowest BCUT2D eigenvalue weighted by Gasteiger charge is -2.29. The van der Waals surface area contributed by atoms with E-state index >= 15 is 0 Å². The molecule has 6 heteroatoms. The van der Waals surface area contributed by atoms with E-state index in [4.69, 9.17) is 14.7 Å². The SMILES string of the molecule is C.CCCCOc1ccc(CNCC2CCC(Nc3nc(N(C)C)c4ccccc4n3)CC2)cc1. The van der Waals surface area contributed by atoms with Gasteiger partial charge in [0, 0.05) is 32.1 Å². The number of benzene rings is 2. The summed E-state index contributed by atoms with van der Waals surface area (Å²) in [6.45, 7) is 4.96. The van der Waals surface area contributed by atoms with Gasteiger partial charge in [0.25, 0.3) is 0 Å². The maximum Gasteiger partial charge on any atom is 0.225 e. The molecule has 3 aromatic rings. The molecule has 1 saturated carbocycles. The van der Waals surface area contributed by atoms with Gasteiger partial charge in [0.05, 0.1) is 12.1 Å². The summed E-state index contributed by atoms with van der Waals surface area (Å²) in [5.41, 5.74) is 2.30. The van der Waals surface area contributed by atoms with Crippen molar-refractivity contribution in [2.75, 3.05) is 37.5 Å². The largest absolute Gasteiger partial charge is 0.494 e. The second kappa shape index (κ2) is 13.3. The molecule has 0 bridgehead atoms. The molecule has 1 fully saturated rings. The van der Waals surface area contributed by atoms with Gasteiger partial charge in [-0.2, -0.15) is 4.98 Å². The molecule has 1 aromatic heterocycles. The molecule has 2 aromatic carbocycles. The zero-order valence-corrected chi connectivity index (χ0v) is 20.9. The average Bonchev–Trinajstić information content (AvgIpc) is 2.85. The van der Waals surface area contributed by atoms with Gasteiger partial charge in [-0.1, -0.05) is 45.0 Å². The highest BCUT2D eigenvalue weighted by atomic mass is 16.5. The van der Waals surface area contributed by atoms with Crippen molar-refractivity contribution in [2.45, 2.75) is 65.5 Å². The van der Waals surface area contributed by atoms with E-state index in [9.17, 15) is 0 Å². The van der Waals surface area contributed by atoms with Crippen LogP contribution in [0.4, 0.5) is 11.8 Å². The summed E-state index contributed by atoms with van der Waals surface area (Å²) in [6.07, 6.45) is 7.03. The number of para-hydroxylation sites is 1. The zero-order chi connectivity index (χ0) is 23.8. The van der Waals surface area contributed by atoms with E-state index < -0.39 is 0 Å². The number of aromatic nitrogens is 2. The third kappa shape index (κ3) is 7.56. The molecule has 0 saturated heterocycles. The first-order chi connectivity index (χ1) is 16.6. The number of nitrogens with one attached hydrogen (secondary N) is 2. The van der Waals surface area contributed by atoms with Crippen molar-refractivity contribution >= 4 is 22.7 Å². The minimum atomic E-state index is 0. The maximum absolute atomic E-state index is 5.76. The Balaban J connectivity index is 0.00000342. The van der Waals surface area contributed by atoms with Gasteiger partial charge in [-0.3, -0.25) is 0 Å². The summed E-state index contributed by atoms with van der Waals surface area (Å²) in [4.78, 5) is 11.6. The first-order valence-electron chi connectivity index (χ1n) is 12.8. The van der Waals surface area contributed by atoms with E-state index in [-0.39, 0.29) is 7.43 Å². The minimum absolute atomic E-state index is 0. The Bertz CT molecular complexity index is 1030. The number of unbranched alkanes of at least 4 members (excludes halogenated alkanes) is 1. The first-order valence-corrected chi connectivity index (χ1v) is 12.8. The summed E-state index contributed by atoms with van der Waals surface area (Å²) >= 11 is 0. The second-order valence-electron chi connectivity index (χ2n) is 9.62. The zero-order valence-electron chi connectivity index (χ0n) is 20.9. The first kappa shape index (κ1) is 26.7. The van der Waals surface area contributed by atoms with Crippen LogP contribution in [0, 0.1) is 5.92 Å². The van der Waals surface area contributed by atoms with Crippen LogP contribution in [-0.4, -0.2) is 43.3 Å². The third-order valence-electron chi connectivity index (χ3n) is 6.64. The quantitative estimate of drug-likeness (QED) is 0.317. The molecule has 1 heterocycles. The smallest absolute Gasteiger partial charge is 0.225 e. The molecule has 0 amide bonds. The summed E-state index contributed by atoms with van der Waals surface area (Å²) < 4.78 is 5.76. The number of fused-ring (bicyclic) bond motifs is 1. The van der Waals surface area contributed by atoms with Crippen LogP contribution in [0.1, 0.15) is 58.4 Å². The number of hydrogen-bond acceptors (Lipinski definition) is 6. The second-order valence-corrected chi connectivity index (χ2v) is 9.62. The van der Waals surface area contributed by atoms with E-state index in [1.165, 1.54) is 18.4 Å². The molecule has 4 rings (SSSR count). The van der Waals surface area contributed by atoms with Gasteiger partial charge in [-0.15, -0.1) is 0 Å². The Hall–Kier alpha value is -2.86. The van der Waals surface area contributed by atoms with E-state index in [0.29, 0.717) is 6.04 Å². The van der Waals surface area contributed by atoms with Gasteiger partial charge >= 0.3 is 0 Å². The van der Waals surface area contributed by atoms with Crippen LogP contribution < -0.4 is 20.3 Å². The number of rotatable bonds is 11. The van der Waals surface area contributed by atoms with E-state index in [0.717, 1.165) is 79.7 Å². The molecule has 1 aliphatic rings. The lowest BCUT2D eigenvalue weighted by atomic mass is 9.86. The summed E-state index contributed by atoms with van der Waals surface area (Å²) in [7, 11) is 4.07. The number of hydrogen-bond donors (Lipinski definition) is 2. The molecule has 2 N–H and O–H groups in total. The third-order valence-corrected chi connectivity index (χ3v) is 6.64. The Labute approximate surface area is 211 Å². The van der Waals surface area contributed by atoms with E-state index in [1.54, 1.807) is 0 Å². The summed E-state index contributed by atoms with van der Waals surface area (Å²) in [6, 6.07) is 17.2. The average molecular weight is 478 g/mol. The van der Waals surface area contributed by atoms with Crippen molar-refractivity contribution in [3.8, 4) is 5.75 Å². The molecule has 0 unspecified atom stereocenters. The minimum Gasteiger partial charge on any atom is -0.494 e. The van der Waals surface area contributed by atoms with Gasteiger partial charge in [0.15, 0.2) is 0 Å². The normalized spacial score (nSPS) is 17.6. The van der Waals surface area contributed by atoms with E-state index in [2.05, 4.69) is 58.9 Å². The summed E-state index contributed by atoms with van der Waals surface area (Å²) in [5.74, 6) is 3.40. The fourth-order valence-electron chi connectivity index (χ4n) is 4.62. The highest BCUT2D eigenvalue weighted by molar-refractivity contribution is 5.90. The molecule has 1 aliphatic carbocycles. The fourth-order valence-corrected chi connectivity index (χ4v) is 4.62. The fraction of sp³-hybridized carbons (Fsp3) is 0.517. The standard InChI is InChI=1S/C28H39N5O.CH4/c1-4-5-18-34-24-16-12-22(13-17-24)20-29-19-21-10-14-23(15-11-21)30-28-31-26-9-7-6-8-25(26)27(32-28)33(2)3;/h6-9,12-13,16-17,21,23,29H,4-5,10-11,14-15,18-20H2,1-3H3,(H,30,31,32);1H4. The van der Waals surface area contributed by atoms with Crippen molar-refractivity contribution in [1.29, 1.82) is 0 Å². The van der Waals surface area contributed by atoms with Crippen molar-refractivity contribution in [2.24, 2.45) is 5.92 Å². The molecule has 0 radical (unpaired) electrons. The van der Waals surface area contributed by atoms with Crippen LogP contribution in [0.2, 0.25) is 0 Å². The Kier molecular flexibility index (Phi) is 10.2. The molecule has 190 valence electrons. The van der Waals surface area contributed by atoms with Crippen LogP contribution in [0.3, 0.4) is 0 Å². The van der Waals surface area contributed by atoms with Crippen LogP contribution in [0.25, 0.3) is 10.9 Å². The Morgan fingerprint density at radius 3 is 2.43 bits per heavy atom. The van der Waals surface area contributed by atoms with Gasteiger partial charge in [-0.25, -0.2) is 4.98 Å². The van der Waals surface area contributed by atoms with Crippen molar-refractivity contribution in [1.82, 2.24) is 15.3 Å². The molecular weight excluding hydrogens is 434 g/mol. The monoisotopic (exact) mass is 477 g/mol. The van der Waals surface area contributed by atoms with Gasteiger partial charge < -0.3 is 20.3 Å².